The first-order valence-corrected chi connectivity index (χ1v) is 8.47. The number of rotatable bonds is 4. The molecule has 0 spiro atoms. The van der Waals surface area contributed by atoms with Crippen molar-refractivity contribution in [3.63, 3.8) is 0 Å². The van der Waals surface area contributed by atoms with Gasteiger partial charge in [-0.25, -0.2) is 0 Å². The van der Waals surface area contributed by atoms with Gasteiger partial charge in [0.2, 0.25) is 0 Å². The first-order valence-electron chi connectivity index (χ1n) is 7.66. The largest absolute Gasteiger partial charge is 0.383 e. The second-order valence-corrected chi connectivity index (χ2v) is 7.70. The van der Waals surface area contributed by atoms with Gasteiger partial charge in [0.25, 0.3) is 0 Å². The van der Waals surface area contributed by atoms with E-state index in [9.17, 15) is 10.4 Å². The minimum Gasteiger partial charge on any atom is -0.383 e. The third kappa shape index (κ3) is 2.64. The smallest absolute Gasteiger partial charge is 0.114 e. The van der Waals surface area contributed by atoms with Gasteiger partial charge in [-0.05, 0) is 57.6 Å². The summed E-state index contributed by atoms with van der Waals surface area (Å²) in [4.78, 5) is 2.12. The molecule has 2 rings (SSSR count). The summed E-state index contributed by atoms with van der Waals surface area (Å²) in [5.74, 6) is 0.738. The zero-order chi connectivity index (χ0) is 14.8. The van der Waals surface area contributed by atoms with E-state index in [1.54, 1.807) is 11.3 Å². The van der Waals surface area contributed by atoms with E-state index in [1.165, 1.54) is 17.7 Å². The highest BCUT2D eigenvalue weighted by Crippen LogP contribution is 2.52. The molecule has 20 heavy (non-hydrogen) atoms. The number of thiophene rings is 1. The Hall–Kier alpha value is -0.850. The molecule has 0 amide bonds. The normalized spacial score (nSPS) is 29.6. The van der Waals surface area contributed by atoms with Crippen LogP contribution in [0.2, 0.25) is 0 Å². The van der Waals surface area contributed by atoms with Gasteiger partial charge < -0.3 is 5.11 Å². The molecule has 1 aliphatic rings. The highest BCUT2D eigenvalue weighted by Gasteiger charge is 2.51. The van der Waals surface area contributed by atoms with Crippen molar-refractivity contribution in [2.24, 2.45) is 11.3 Å². The van der Waals surface area contributed by atoms with Crippen LogP contribution >= 0.6 is 11.3 Å². The van der Waals surface area contributed by atoms with E-state index in [0.29, 0.717) is 0 Å². The van der Waals surface area contributed by atoms with Crippen molar-refractivity contribution in [2.45, 2.75) is 64.9 Å². The minimum atomic E-state index is -1.03. The monoisotopic (exact) mass is 291 g/mol. The van der Waals surface area contributed by atoms with E-state index in [1.807, 2.05) is 26.0 Å². The molecule has 0 aromatic carbocycles. The lowest BCUT2D eigenvalue weighted by molar-refractivity contribution is -0.0672. The molecule has 1 saturated carbocycles. The van der Waals surface area contributed by atoms with Gasteiger partial charge in [0.05, 0.1) is 11.5 Å². The van der Waals surface area contributed by atoms with Crippen LogP contribution in [0.15, 0.2) is 12.1 Å². The highest BCUT2D eigenvalue weighted by atomic mass is 32.1. The first-order chi connectivity index (χ1) is 9.45. The van der Waals surface area contributed by atoms with Crippen LogP contribution in [0.25, 0.3) is 0 Å². The van der Waals surface area contributed by atoms with Crippen LogP contribution in [0.5, 0.6) is 0 Å². The summed E-state index contributed by atoms with van der Waals surface area (Å²) in [6.07, 6.45) is 6.24. The summed E-state index contributed by atoms with van der Waals surface area (Å²) in [6.45, 7) is 6.10. The molecule has 0 aliphatic heterocycles. The molecule has 1 fully saturated rings. The third-order valence-corrected chi connectivity index (χ3v) is 6.23. The van der Waals surface area contributed by atoms with E-state index >= 15 is 0 Å². The molecule has 0 bridgehead atoms. The van der Waals surface area contributed by atoms with Gasteiger partial charge >= 0.3 is 0 Å². The molecule has 1 N–H and O–H groups in total. The summed E-state index contributed by atoms with van der Waals surface area (Å²) in [5, 5.41) is 20.8. The Kier molecular flexibility index (Phi) is 4.56. The zero-order valence-electron chi connectivity index (χ0n) is 12.8. The van der Waals surface area contributed by atoms with Crippen LogP contribution in [0, 0.1) is 29.6 Å². The topological polar surface area (TPSA) is 44.0 Å². The molecule has 2 nitrogen and oxygen atoms in total. The molecule has 1 aliphatic carbocycles. The summed E-state index contributed by atoms with van der Waals surface area (Å²) in [5.41, 5.74) is -1.65. The van der Waals surface area contributed by atoms with Gasteiger partial charge in [-0.2, -0.15) is 5.26 Å². The lowest BCUT2D eigenvalue weighted by atomic mass is 9.62. The number of nitrogens with zero attached hydrogens (tertiary/aromatic N) is 1. The molecule has 3 heteroatoms. The molecule has 1 unspecified atom stereocenters. The van der Waals surface area contributed by atoms with Crippen molar-refractivity contribution < 1.29 is 5.11 Å². The van der Waals surface area contributed by atoms with Gasteiger partial charge in [0.1, 0.15) is 5.60 Å². The Morgan fingerprint density at radius 3 is 2.55 bits per heavy atom. The van der Waals surface area contributed by atoms with E-state index in [0.717, 1.165) is 36.5 Å². The number of aryl methyl sites for hydroxylation is 1. The molecular weight excluding hydrogens is 266 g/mol. The van der Waals surface area contributed by atoms with Gasteiger partial charge in [0, 0.05) is 9.75 Å². The predicted octanol–water partition coefficient (Wildman–Crippen LogP) is 4.76. The van der Waals surface area contributed by atoms with Crippen LogP contribution in [-0.2, 0) is 5.60 Å². The van der Waals surface area contributed by atoms with Gasteiger partial charge in [-0.15, -0.1) is 11.3 Å². The Labute approximate surface area is 126 Å². The molecule has 1 heterocycles. The predicted molar refractivity (Wildman–Crippen MR) is 83.5 cm³/mol. The van der Waals surface area contributed by atoms with E-state index in [2.05, 4.69) is 13.0 Å². The maximum absolute atomic E-state index is 11.1. The van der Waals surface area contributed by atoms with Gasteiger partial charge in [-0.3, -0.25) is 0 Å². The lowest BCUT2D eigenvalue weighted by Gasteiger charge is -2.44. The number of nitriles is 1. The van der Waals surface area contributed by atoms with Crippen molar-refractivity contribution in [3.8, 4) is 6.07 Å². The molecule has 110 valence electrons. The van der Waals surface area contributed by atoms with Crippen LogP contribution in [0.3, 0.4) is 0 Å². The van der Waals surface area contributed by atoms with Crippen LogP contribution in [0.1, 0.15) is 62.1 Å². The van der Waals surface area contributed by atoms with E-state index in [-0.39, 0.29) is 0 Å². The van der Waals surface area contributed by atoms with E-state index < -0.39 is 11.0 Å². The molecule has 0 saturated heterocycles. The van der Waals surface area contributed by atoms with Crippen molar-refractivity contribution in [2.75, 3.05) is 0 Å². The van der Waals surface area contributed by atoms with Crippen molar-refractivity contribution >= 4 is 11.3 Å². The second-order valence-electron chi connectivity index (χ2n) is 6.41. The fraction of sp³-hybridized carbons (Fsp3) is 0.706. The minimum absolute atomic E-state index is 0.617. The Morgan fingerprint density at radius 2 is 2.10 bits per heavy atom. The number of hydrogen-bond acceptors (Lipinski definition) is 3. The Balaban J connectivity index is 2.22. The summed E-state index contributed by atoms with van der Waals surface area (Å²) < 4.78 is 0. The number of aliphatic hydroxyl groups is 1. The first kappa shape index (κ1) is 15.5. The van der Waals surface area contributed by atoms with E-state index in [4.69, 9.17) is 0 Å². The quantitative estimate of drug-likeness (QED) is 0.868. The summed E-state index contributed by atoms with van der Waals surface area (Å²) in [6, 6.07) is 6.50. The van der Waals surface area contributed by atoms with Crippen molar-refractivity contribution in [1.82, 2.24) is 0 Å². The summed E-state index contributed by atoms with van der Waals surface area (Å²) in [7, 11) is 0. The fourth-order valence-corrected chi connectivity index (χ4v) is 4.52. The fourth-order valence-electron chi connectivity index (χ4n) is 3.51. The third-order valence-electron chi connectivity index (χ3n) is 5.02. The SMILES string of the molecule is CCCC1CCC(C#N)(C(C)(O)c2ccc(C)s2)CC1. The zero-order valence-corrected chi connectivity index (χ0v) is 13.6. The second kappa shape index (κ2) is 5.87. The summed E-state index contributed by atoms with van der Waals surface area (Å²) >= 11 is 1.61. The average Bonchev–Trinajstić information content (AvgIpc) is 2.87. The molecule has 1 aromatic heterocycles. The van der Waals surface area contributed by atoms with Gasteiger partial charge in [-0.1, -0.05) is 19.8 Å². The Morgan fingerprint density at radius 1 is 1.45 bits per heavy atom. The van der Waals surface area contributed by atoms with Gasteiger partial charge in [0.15, 0.2) is 0 Å². The molecular formula is C17H25NOS. The van der Waals surface area contributed by atoms with Crippen LogP contribution in [0.4, 0.5) is 0 Å². The van der Waals surface area contributed by atoms with Crippen molar-refractivity contribution in [3.05, 3.63) is 21.9 Å². The molecule has 1 aromatic rings. The molecule has 1 atom stereocenters. The number of hydrogen-bond donors (Lipinski definition) is 1. The van der Waals surface area contributed by atoms with Crippen LogP contribution in [-0.4, -0.2) is 5.11 Å². The maximum Gasteiger partial charge on any atom is 0.114 e. The average molecular weight is 291 g/mol. The Bertz CT molecular complexity index is 489. The highest BCUT2D eigenvalue weighted by molar-refractivity contribution is 7.12. The maximum atomic E-state index is 11.1. The van der Waals surface area contributed by atoms with Crippen molar-refractivity contribution in [1.29, 1.82) is 5.26 Å². The molecule has 0 radical (unpaired) electrons. The standard InChI is InChI=1S/C17H25NOS/c1-4-5-14-8-10-17(12-18,11-9-14)16(3,19)15-7-6-13(2)20-15/h6-7,14,19H,4-5,8-11H2,1-3H3. The van der Waals surface area contributed by atoms with Crippen LogP contribution < -0.4 is 0 Å². The lowest BCUT2D eigenvalue weighted by Crippen LogP contribution is -2.44.